The third-order valence-corrected chi connectivity index (χ3v) is 6.22. The van der Waals surface area contributed by atoms with Gasteiger partial charge in [-0.1, -0.05) is 41.9 Å². The second-order valence-electron chi connectivity index (χ2n) is 7.58. The van der Waals surface area contributed by atoms with Gasteiger partial charge in [0.25, 0.3) is 0 Å². The molecule has 2 N–H and O–H groups in total. The molecule has 0 radical (unpaired) electrons. The average molecular weight is 410 g/mol. The highest BCUT2D eigenvalue weighted by Gasteiger charge is 2.34. The Morgan fingerprint density at radius 1 is 1.18 bits per heavy atom. The number of rotatable bonds is 2. The van der Waals surface area contributed by atoms with Crippen LogP contribution in [-0.2, 0) is 6.42 Å². The monoisotopic (exact) mass is 409 g/mol. The van der Waals surface area contributed by atoms with Crippen LogP contribution < -0.4 is 0 Å². The molecule has 0 spiro atoms. The highest BCUT2D eigenvalue weighted by atomic mass is 35.5. The van der Waals surface area contributed by atoms with E-state index in [1.165, 1.54) is 10.9 Å². The summed E-state index contributed by atoms with van der Waals surface area (Å²) in [7, 11) is 0. The number of nitrogens with one attached hydrogen (secondary N) is 1. The van der Waals surface area contributed by atoms with E-state index in [0.29, 0.717) is 16.2 Å². The van der Waals surface area contributed by atoms with Crippen molar-refractivity contribution in [3.05, 3.63) is 80.8 Å². The van der Waals surface area contributed by atoms with Crippen LogP contribution in [0.2, 0.25) is 5.02 Å². The molecule has 0 fully saturated rings. The molecular formula is C22H20ClN3OS. The summed E-state index contributed by atoms with van der Waals surface area (Å²) < 4.78 is 4.53. The second-order valence-corrected chi connectivity index (χ2v) is 8.39. The van der Waals surface area contributed by atoms with Crippen LogP contribution >= 0.6 is 23.8 Å². The van der Waals surface area contributed by atoms with Gasteiger partial charge in [0.2, 0.25) is 5.88 Å². The molecule has 0 saturated heterocycles. The topological polar surface area (TPSA) is 45.9 Å². The van der Waals surface area contributed by atoms with Gasteiger partial charge < -0.3 is 14.7 Å². The highest BCUT2D eigenvalue weighted by molar-refractivity contribution is 7.71. The van der Waals surface area contributed by atoms with E-state index >= 15 is 0 Å². The highest BCUT2D eigenvalue weighted by Crippen LogP contribution is 2.43. The number of nitrogens with zero attached hydrogens (tertiary/aromatic N) is 2. The molecule has 3 heterocycles. The molecule has 28 heavy (non-hydrogen) atoms. The van der Waals surface area contributed by atoms with E-state index in [1.807, 2.05) is 48.7 Å². The van der Waals surface area contributed by atoms with E-state index in [1.54, 1.807) is 0 Å². The lowest BCUT2D eigenvalue weighted by molar-refractivity contribution is 0.394. The number of aromatic hydroxyl groups is 1. The fourth-order valence-corrected chi connectivity index (χ4v) is 5.11. The third kappa shape index (κ3) is 2.39. The van der Waals surface area contributed by atoms with Gasteiger partial charge in [-0.05, 0) is 55.4 Å². The van der Waals surface area contributed by atoms with Gasteiger partial charge in [0.15, 0.2) is 4.77 Å². The lowest BCUT2D eigenvalue weighted by Gasteiger charge is -2.27. The molecule has 1 atom stereocenters. The van der Waals surface area contributed by atoms with Gasteiger partial charge in [0.1, 0.15) is 6.04 Å². The minimum atomic E-state index is -0.164. The number of hydrogen-bond acceptors (Lipinski definition) is 2. The molecular weight excluding hydrogens is 390 g/mol. The van der Waals surface area contributed by atoms with Gasteiger partial charge in [-0.2, -0.15) is 0 Å². The number of halogens is 1. The van der Waals surface area contributed by atoms with Crippen LogP contribution in [0, 0.1) is 4.77 Å². The number of imidazole rings is 1. The maximum atomic E-state index is 11.0. The van der Waals surface area contributed by atoms with E-state index in [2.05, 4.69) is 27.8 Å². The van der Waals surface area contributed by atoms with Crippen molar-refractivity contribution in [1.82, 2.24) is 14.1 Å². The SMILES string of the molecule is CC(C)n1c(O)c2n(c1=S)C(c1cccc(Cl)c1)c1[nH]c3ccccc3c1C2. The van der Waals surface area contributed by atoms with E-state index in [0.717, 1.165) is 22.5 Å². The van der Waals surface area contributed by atoms with Gasteiger partial charge >= 0.3 is 0 Å². The minimum absolute atomic E-state index is 0.0701. The lowest BCUT2D eigenvalue weighted by atomic mass is 9.93. The number of aromatic nitrogens is 3. The predicted octanol–water partition coefficient (Wildman–Crippen LogP) is 5.98. The summed E-state index contributed by atoms with van der Waals surface area (Å²) in [5.41, 5.74) is 5.28. The Hall–Kier alpha value is -2.50. The van der Waals surface area contributed by atoms with Crippen molar-refractivity contribution < 1.29 is 5.11 Å². The lowest BCUT2D eigenvalue weighted by Crippen LogP contribution is -2.21. The number of hydrogen-bond donors (Lipinski definition) is 2. The Kier molecular flexibility index (Phi) is 3.93. The van der Waals surface area contributed by atoms with E-state index in [-0.39, 0.29) is 18.0 Å². The van der Waals surface area contributed by atoms with Crippen molar-refractivity contribution in [2.24, 2.45) is 0 Å². The summed E-state index contributed by atoms with van der Waals surface area (Å²) >= 11 is 12.1. The third-order valence-electron chi connectivity index (χ3n) is 5.59. The van der Waals surface area contributed by atoms with Crippen LogP contribution in [0.25, 0.3) is 10.9 Å². The standard InChI is InChI=1S/C22H20ClN3OS/c1-12(2)25-21(27)18-11-16-15-8-3-4-9-17(15)24-19(16)20(26(18)22(25)28)13-6-5-7-14(23)10-13/h3-10,12,20,24,27H,11H2,1-2H3. The van der Waals surface area contributed by atoms with Crippen molar-refractivity contribution in [1.29, 1.82) is 0 Å². The van der Waals surface area contributed by atoms with Gasteiger partial charge in [-0.25, -0.2) is 0 Å². The Labute approximate surface area is 173 Å². The molecule has 1 aliphatic heterocycles. The molecule has 0 saturated carbocycles. The number of benzene rings is 2. The fraction of sp³-hybridized carbons (Fsp3) is 0.227. The van der Waals surface area contributed by atoms with Crippen LogP contribution in [0.15, 0.2) is 48.5 Å². The van der Waals surface area contributed by atoms with Crippen molar-refractivity contribution in [3.63, 3.8) is 0 Å². The Balaban J connectivity index is 1.87. The molecule has 2 aromatic carbocycles. The smallest absolute Gasteiger partial charge is 0.214 e. The van der Waals surface area contributed by atoms with Crippen molar-refractivity contribution in [2.75, 3.05) is 0 Å². The number of H-pyrrole nitrogens is 1. The number of aromatic amines is 1. The van der Waals surface area contributed by atoms with Crippen LogP contribution in [0.3, 0.4) is 0 Å². The fourth-order valence-electron chi connectivity index (χ4n) is 4.40. The molecule has 0 aliphatic carbocycles. The summed E-state index contributed by atoms with van der Waals surface area (Å²) in [5, 5.41) is 12.9. The maximum Gasteiger partial charge on any atom is 0.214 e. The Morgan fingerprint density at radius 2 is 1.96 bits per heavy atom. The van der Waals surface area contributed by atoms with Crippen LogP contribution in [-0.4, -0.2) is 19.2 Å². The molecule has 1 aliphatic rings. The van der Waals surface area contributed by atoms with E-state index < -0.39 is 0 Å². The second kappa shape index (κ2) is 6.26. The first-order chi connectivity index (χ1) is 13.5. The summed E-state index contributed by atoms with van der Waals surface area (Å²) in [5.74, 6) is 0.253. The number of para-hydroxylation sites is 1. The summed E-state index contributed by atoms with van der Waals surface area (Å²) in [6, 6.07) is 16.1. The predicted molar refractivity (Wildman–Crippen MR) is 115 cm³/mol. The largest absolute Gasteiger partial charge is 0.493 e. The molecule has 5 rings (SSSR count). The average Bonchev–Trinajstić information content (AvgIpc) is 3.15. The zero-order valence-electron chi connectivity index (χ0n) is 15.6. The van der Waals surface area contributed by atoms with Gasteiger partial charge in [-0.15, -0.1) is 0 Å². The first-order valence-electron chi connectivity index (χ1n) is 9.37. The van der Waals surface area contributed by atoms with Crippen molar-refractivity contribution >= 4 is 34.7 Å². The van der Waals surface area contributed by atoms with Crippen LogP contribution in [0.4, 0.5) is 0 Å². The van der Waals surface area contributed by atoms with Gasteiger partial charge in [0.05, 0.1) is 5.69 Å². The molecule has 1 unspecified atom stereocenters. The first-order valence-corrected chi connectivity index (χ1v) is 10.2. The normalized spacial score (nSPS) is 15.8. The van der Waals surface area contributed by atoms with E-state index in [4.69, 9.17) is 23.8 Å². The molecule has 0 bridgehead atoms. The first kappa shape index (κ1) is 17.6. The zero-order valence-corrected chi connectivity index (χ0v) is 17.2. The van der Waals surface area contributed by atoms with Crippen LogP contribution in [0.5, 0.6) is 5.88 Å². The van der Waals surface area contributed by atoms with Gasteiger partial charge in [0, 0.05) is 34.1 Å². The maximum absolute atomic E-state index is 11.0. The number of fused-ring (bicyclic) bond motifs is 4. The molecule has 2 aromatic heterocycles. The Bertz CT molecular complexity index is 1280. The quantitative estimate of drug-likeness (QED) is 0.352. The molecule has 142 valence electrons. The van der Waals surface area contributed by atoms with Crippen molar-refractivity contribution in [3.8, 4) is 5.88 Å². The molecule has 4 aromatic rings. The zero-order chi connectivity index (χ0) is 19.6. The van der Waals surface area contributed by atoms with Gasteiger partial charge in [-0.3, -0.25) is 4.57 Å². The molecule has 6 heteroatoms. The van der Waals surface area contributed by atoms with E-state index in [9.17, 15) is 5.11 Å². The summed E-state index contributed by atoms with van der Waals surface area (Å²) in [4.78, 5) is 3.61. The van der Waals surface area contributed by atoms with Crippen LogP contribution in [0.1, 0.15) is 48.4 Å². The summed E-state index contributed by atoms with van der Waals surface area (Å²) in [6.45, 7) is 4.06. The van der Waals surface area contributed by atoms with Crippen molar-refractivity contribution in [2.45, 2.75) is 32.4 Å². The molecule has 0 amide bonds. The molecule has 4 nitrogen and oxygen atoms in total. The summed E-state index contributed by atoms with van der Waals surface area (Å²) in [6.07, 6.45) is 0.631. The minimum Gasteiger partial charge on any atom is -0.493 e. The Morgan fingerprint density at radius 3 is 2.71 bits per heavy atom.